The summed E-state index contributed by atoms with van der Waals surface area (Å²) in [6, 6.07) is 7.09. The van der Waals surface area contributed by atoms with Crippen LogP contribution < -0.4 is 5.32 Å². The van der Waals surface area contributed by atoms with Gasteiger partial charge in [0.25, 0.3) is 5.91 Å². The van der Waals surface area contributed by atoms with Crippen LogP contribution in [-0.4, -0.2) is 18.7 Å². The first kappa shape index (κ1) is 11.2. The molecule has 1 N–H and O–H groups in total. The van der Waals surface area contributed by atoms with E-state index < -0.39 is 0 Å². The van der Waals surface area contributed by atoms with Crippen LogP contribution in [0.2, 0.25) is 0 Å². The first-order chi connectivity index (χ1) is 7.29. The number of hydrogen-bond donors (Lipinski definition) is 1. The second-order valence-corrected chi connectivity index (χ2v) is 2.90. The third-order valence-corrected chi connectivity index (χ3v) is 1.87. The molecule has 1 aromatic rings. The molecular formula is C12H12NO2. The van der Waals surface area contributed by atoms with E-state index in [-0.39, 0.29) is 5.91 Å². The van der Waals surface area contributed by atoms with Gasteiger partial charge in [-0.05, 0) is 24.6 Å². The fourth-order valence-corrected chi connectivity index (χ4v) is 1.23. The maximum atomic E-state index is 11.6. The topological polar surface area (TPSA) is 46.2 Å². The lowest BCUT2D eigenvalue weighted by molar-refractivity contribution is 0.0955. The number of rotatable bonds is 4. The predicted octanol–water partition coefficient (Wildman–Crippen LogP) is 1.56. The van der Waals surface area contributed by atoms with Crippen molar-refractivity contribution in [2.75, 3.05) is 6.54 Å². The average molecular weight is 202 g/mol. The minimum Gasteiger partial charge on any atom is -0.352 e. The van der Waals surface area contributed by atoms with Crippen molar-refractivity contribution >= 4 is 18.3 Å². The third-order valence-electron chi connectivity index (χ3n) is 1.87. The third kappa shape index (κ3) is 3.06. The van der Waals surface area contributed by atoms with Crippen LogP contribution in [0.4, 0.5) is 0 Å². The maximum Gasteiger partial charge on any atom is 0.251 e. The standard InChI is InChI=1S/C12H12NO2/c1-2-13-12(15)11-8-4-3-6-10(11)7-5-9-14/h3-8H,2H2,1H3,(H,13,15)/b7-5+. The van der Waals surface area contributed by atoms with Crippen LogP contribution in [0.5, 0.6) is 0 Å². The first-order valence-electron chi connectivity index (χ1n) is 4.71. The molecule has 1 aromatic carbocycles. The van der Waals surface area contributed by atoms with Crippen molar-refractivity contribution in [3.05, 3.63) is 41.5 Å². The quantitative estimate of drug-likeness (QED) is 0.753. The molecule has 0 unspecified atom stereocenters. The van der Waals surface area contributed by atoms with Gasteiger partial charge in [0.1, 0.15) is 0 Å². The Morgan fingerprint density at radius 2 is 2.20 bits per heavy atom. The molecule has 0 bridgehead atoms. The van der Waals surface area contributed by atoms with E-state index in [1.165, 1.54) is 6.08 Å². The fraction of sp³-hybridized carbons (Fsp3) is 0.167. The van der Waals surface area contributed by atoms with Crippen LogP contribution in [0.3, 0.4) is 0 Å². The normalized spacial score (nSPS) is 10.2. The Morgan fingerprint density at radius 1 is 1.47 bits per heavy atom. The molecular weight excluding hydrogens is 190 g/mol. The molecule has 1 amide bonds. The molecule has 1 rings (SSSR count). The van der Waals surface area contributed by atoms with Gasteiger partial charge in [-0.25, -0.2) is 0 Å². The molecule has 0 spiro atoms. The molecule has 0 heterocycles. The van der Waals surface area contributed by atoms with Crippen LogP contribution in [0, 0.1) is 0 Å². The molecule has 0 saturated carbocycles. The molecule has 0 aliphatic heterocycles. The molecule has 1 radical (unpaired) electrons. The Bertz CT molecular complexity index is 383. The van der Waals surface area contributed by atoms with Gasteiger partial charge in [0.2, 0.25) is 6.29 Å². The van der Waals surface area contributed by atoms with Crippen LogP contribution in [-0.2, 0) is 4.79 Å². The van der Waals surface area contributed by atoms with Crippen LogP contribution in [0.15, 0.2) is 30.3 Å². The van der Waals surface area contributed by atoms with E-state index >= 15 is 0 Å². The van der Waals surface area contributed by atoms with Crippen LogP contribution in [0.25, 0.3) is 6.08 Å². The molecule has 0 fully saturated rings. The number of nitrogens with one attached hydrogen (secondary N) is 1. The lowest BCUT2D eigenvalue weighted by Crippen LogP contribution is -2.23. The molecule has 0 aliphatic rings. The van der Waals surface area contributed by atoms with Gasteiger partial charge in [0.15, 0.2) is 0 Å². The van der Waals surface area contributed by atoms with Crippen molar-refractivity contribution in [3.63, 3.8) is 0 Å². The summed E-state index contributed by atoms with van der Waals surface area (Å²) in [5.41, 5.74) is 1.28. The van der Waals surface area contributed by atoms with Gasteiger partial charge in [-0.3, -0.25) is 9.59 Å². The molecule has 0 saturated heterocycles. The van der Waals surface area contributed by atoms with E-state index in [9.17, 15) is 9.59 Å². The highest BCUT2D eigenvalue weighted by molar-refractivity contribution is 5.98. The first-order valence-corrected chi connectivity index (χ1v) is 4.71. The van der Waals surface area contributed by atoms with E-state index in [4.69, 9.17) is 0 Å². The van der Waals surface area contributed by atoms with Crippen LogP contribution in [0.1, 0.15) is 22.8 Å². The van der Waals surface area contributed by atoms with Crippen molar-refractivity contribution in [2.45, 2.75) is 6.92 Å². The van der Waals surface area contributed by atoms with E-state index in [0.29, 0.717) is 17.7 Å². The molecule has 15 heavy (non-hydrogen) atoms. The van der Waals surface area contributed by atoms with Crippen molar-refractivity contribution in [2.24, 2.45) is 0 Å². The Balaban J connectivity index is 3.00. The predicted molar refractivity (Wildman–Crippen MR) is 59.2 cm³/mol. The zero-order valence-corrected chi connectivity index (χ0v) is 8.49. The lowest BCUT2D eigenvalue weighted by Gasteiger charge is -2.05. The smallest absolute Gasteiger partial charge is 0.251 e. The monoisotopic (exact) mass is 202 g/mol. The highest BCUT2D eigenvalue weighted by Crippen LogP contribution is 2.10. The summed E-state index contributed by atoms with van der Waals surface area (Å²) in [4.78, 5) is 21.7. The number of benzene rings is 1. The zero-order valence-electron chi connectivity index (χ0n) is 8.49. The summed E-state index contributed by atoms with van der Waals surface area (Å²) in [5, 5.41) is 2.71. The fourth-order valence-electron chi connectivity index (χ4n) is 1.23. The highest BCUT2D eigenvalue weighted by Gasteiger charge is 2.06. The molecule has 0 atom stereocenters. The molecule has 0 aliphatic carbocycles. The van der Waals surface area contributed by atoms with E-state index in [1.807, 2.05) is 13.0 Å². The lowest BCUT2D eigenvalue weighted by atomic mass is 10.1. The van der Waals surface area contributed by atoms with Crippen LogP contribution >= 0.6 is 0 Å². The van der Waals surface area contributed by atoms with Gasteiger partial charge < -0.3 is 5.32 Å². The van der Waals surface area contributed by atoms with Crippen molar-refractivity contribution in [1.29, 1.82) is 0 Å². The van der Waals surface area contributed by atoms with Crippen molar-refractivity contribution in [3.8, 4) is 0 Å². The van der Waals surface area contributed by atoms with E-state index in [1.54, 1.807) is 30.6 Å². The summed E-state index contributed by atoms with van der Waals surface area (Å²) in [5.74, 6) is -0.136. The molecule has 3 heteroatoms. The Labute approximate surface area is 88.8 Å². The second kappa shape index (κ2) is 5.75. The minimum absolute atomic E-state index is 0.136. The SMILES string of the molecule is CCNC(=O)c1ccccc1/C=C/[C]=O. The van der Waals surface area contributed by atoms with Crippen molar-refractivity contribution < 1.29 is 9.59 Å². The average Bonchev–Trinajstić information content (AvgIpc) is 2.27. The number of carbonyl (C=O) groups excluding carboxylic acids is 2. The van der Waals surface area contributed by atoms with E-state index in [0.717, 1.165) is 0 Å². The van der Waals surface area contributed by atoms with Crippen molar-refractivity contribution in [1.82, 2.24) is 5.32 Å². The summed E-state index contributed by atoms with van der Waals surface area (Å²) < 4.78 is 0. The Kier molecular flexibility index (Phi) is 4.29. The largest absolute Gasteiger partial charge is 0.352 e. The number of hydrogen-bond acceptors (Lipinski definition) is 2. The number of allylic oxidation sites excluding steroid dienone is 1. The minimum atomic E-state index is -0.136. The second-order valence-electron chi connectivity index (χ2n) is 2.90. The maximum absolute atomic E-state index is 11.6. The van der Waals surface area contributed by atoms with Gasteiger partial charge in [-0.15, -0.1) is 0 Å². The molecule has 3 nitrogen and oxygen atoms in total. The van der Waals surface area contributed by atoms with Gasteiger partial charge in [-0.1, -0.05) is 24.3 Å². The highest BCUT2D eigenvalue weighted by atomic mass is 16.1. The summed E-state index contributed by atoms with van der Waals surface area (Å²) >= 11 is 0. The van der Waals surface area contributed by atoms with Gasteiger partial charge >= 0.3 is 0 Å². The number of carbonyl (C=O) groups is 1. The molecule has 77 valence electrons. The van der Waals surface area contributed by atoms with Gasteiger partial charge in [0.05, 0.1) is 0 Å². The van der Waals surface area contributed by atoms with Gasteiger partial charge in [0, 0.05) is 12.1 Å². The molecule has 0 aromatic heterocycles. The van der Waals surface area contributed by atoms with Gasteiger partial charge in [-0.2, -0.15) is 0 Å². The Morgan fingerprint density at radius 3 is 2.87 bits per heavy atom. The summed E-state index contributed by atoms with van der Waals surface area (Å²) in [6.45, 7) is 2.44. The Hall–Kier alpha value is -1.90. The summed E-state index contributed by atoms with van der Waals surface area (Å²) in [6.07, 6.45) is 4.47. The number of amides is 1. The summed E-state index contributed by atoms with van der Waals surface area (Å²) in [7, 11) is 0. The zero-order chi connectivity index (χ0) is 11.1. The van der Waals surface area contributed by atoms with E-state index in [2.05, 4.69) is 5.32 Å².